The van der Waals surface area contributed by atoms with E-state index in [2.05, 4.69) is 15.3 Å². The van der Waals surface area contributed by atoms with Crippen molar-refractivity contribution in [3.8, 4) is 11.5 Å². The van der Waals surface area contributed by atoms with E-state index in [1.165, 1.54) is 0 Å². The molecule has 0 aromatic carbocycles. The molecule has 0 amide bonds. The summed E-state index contributed by atoms with van der Waals surface area (Å²) in [4.78, 5) is 0. The molecule has 0 aliphatic heterocycles. The van der Waals surface area contributed by atoms with Crippen molar-refractivity contribution in [3.05, 3.63) is 12.3 Å². The van der Waals surface area contributed by atoms with Gasteiger partial charge >= 0.3 is 0 Å². The predicted molar refractivity (Wildman–Crippen MR) is 61.9 cm³/mol. The maximum atomic E-state index is 11.5. The van der Waals surface area contributed by atoms with Gasteiger partial charge in [0, 0.05) is 19.3 Å². The smallest absolute Gasteiger partial charge is 0.273 e. The van der Waals surface area contributed by atoms with E-state index < -0.39 is 10.0 Å². The molecule has 96 valence electrons. The fourth-order valence-corrected chi connectivity index (χ4v) is 2.51. The Labute approximate surface area is 103 Å². The molecule has 9 heteroatoms. The molecule has 8 nitrogen and oxygen atoms in total. The standard InChI is InChI=1S/C9H12N6O2S/c1-14-5-4-7(13-14)8-11-12-9(18(10,16)17)15(8)6-2-3-6/h4-6H,2-3H2,1H3,(H2,10,16,17). The highest BCUT2D eigenvalue weighted by Crippen LogP contribution is 2.39. The Hall–Kier alpha value is -1.74. The monoisotopic (exact) mass is 268 g/mol. The molecule has 0 radical (unpaired) electrons. The van der Waals surface area contributed by atoms with Crippen molar-refractivity contribution in [2.24, 2.45) is 12.2 Å². The summed E-state index contributed by atoms with van der Waals surface area (Å²) in [6, 6.07) is 1.86. The first kappa shape index (κ1) is 11.4. The molecular formula is C9H12N6O2S. The number of rotatable bonds is 3. The molecule has 0 spiro atoms. The van der Waals surface area contributed by atoms with Gasteiger partial charge in [-0.2, -0.15) is 5.10 Å². The predicted octanol–water partition coefficient (Wildman–Crippen LogP) is -0.339. The molecule has 0 atom stereocenters. The van der Waals surface area contributed by atoms with Crippen molar-refractivity contribution in [2.75, 3.05) is 0 Å². The van der Waals surface area contributed by atoms with Gasteiger partial charge in [-0.25, -0.2) is 13.6 Å². The van der Waals surface area contributed by atoms with Crippen LogP contribution in [-0.2, 0) is 17.1 Å². The minimum absolute atomic E-state index is 0.102. The van der Waals surface area contributed by atoms with Crippen LogP contribution in [0.5, 0.6) is 0 Å². The molecule has 1 fully saturated rings. The third-order valence-corrected chi connectivity index (χ3v) is 3.56. The highest BCUT2D eigenvalue weighted by atomic mass is 32.2. The molecule has 0 bridgehead atoms. The molecule has 0 unspecified atom stereocenters. The molecule has 2 N–H and O–H groups in total. The van der Waals surface area contributed by atoms with Crippen LogP contribution < -0.4 is 5.14 Å². The van der Waals surface area contributed by atoms with Gasteiger partial charge < -0.3 is 0 Å². The summed E-state index contributed by atoms with van der Waals surface area (Å²) in [6.07, 6.45) is 3.57. The zero-order valence-electron chi connectivity index (χ0n) is 9.68. The first-order valence-corrected chi connectivity index (χ1v) is 6.99. The average Bonchev–Trinajstić information content (AvgIpc) is 2.85. The van der Waals surface area contributed by atoms with E-state index in [4.69, 9.17) is 5.14 Å². The molecule has 2 aromatic heterocycles. The Kier molecular flexibility index (Phi) is 2.29. The van der Waals surface area contributed by atoms with Gasteiger partial charge in [0.1, 0.15) is 5.69 Å². The van der Waals surface area contributed by atoms with Crippen LogP contribution in [0.15, 0.2) is 17.4 Å². The van der Waals surface area contributed by atoms with Crippen molar-refractivity contribution in [2.45, 2.75) is 24.0 Å². The number of aromatic nitrogens is 5. The van der Waals surface area contributed by atoms with Gasteiger partial charge in [0.15, 0.2) is 5.82 Å². The number of hydrogen-bond acceptors (Lipinski definition) is 5. The Morgan fingerprint density at radius 1 is 1.39 bits per heavy atom. The highest BCUT2D eigenvalue weighted by molar-refractivity contribution is 7.89. The van der Waals surface area contributed by atoms with Gasteiger partial charge in [-0.3, -0.25) is 9.25 Å². The molecule has 1 aliphatic carbocycles. The van der Waals surface area contributed by atoms with E-state index in [9.17, 15) is 8.42 Å². The SMILES string of the molecule is Cn1ccc(-c2nnc(S(N)(=O)=O)n2C2CC2)n1. The van der Waals surface area contributed by atoms with Crippen LogP contribution in [0.3, 0.4) is 0 Å². The maximum Gasteiger partial charge on any atom is 0.273 e. The van der Waals surface area contributed by atoms with Crippen LogP contribution in [0.25, 0.3) is 11.5 Å². The topological polar surface area (TPSA) is 109 Å². The first-order chi connectivity index (χ1) is 8.47. The molecule has 2 aromatic rings. The van der Waals surface area contributed by atoms with E-state index in [0.717, 1.165) is 12.8 Å². The van der Waals surface area contributed by atoms with Gasteiger partial charge in [0.2, 0.25) is 0 Å². The summed E-state index contributed by atoms with van der Waals surface area (Å²) in [5, 5.41) is 16.7. The van der Waals surface area contributed by atoms with Gasteiger partial charge in [-0.05, 0) is 18.9 Å². The number of hydrogen-bond donors (Lipinski definition) is 1. The van der Waals surface area contributed by atoms with E-state index >= 15 is 0 Å². The minimum atomic E-state index is -3.86. The van der Waals surface area contributed by atoms with E-state index in [0.29, 0.717) is 11.5 Å². The first-order valence-electron chi connectivity index (χ1n) is 5.44. The molecule has 1 aliphatic rings. The Morgan fingerprint density at radius 3 is 2.61 bits per heavy atom. The van der Waals surface area contributed by atoms with Crippen molar-refractivity contribution in [3.63, 3.8) is 0 Å². The van der Waals surface area contributed by atoms with Crippen LogP contribution in [0.1, 0.15) is 18.9 Å². The maximum absolute atomic E-state index is 11.5. The van der Waals surface area contributed by atoms with Gasteiger partial charge in [0.05, 0.1) is 0 Å². The Balaban J connectivity index is 2.19. The fourth-order valence-electron chi connectivity index (χ4n) is 1.84. The van der Waals surface area contributed by atoms with Crippen LogP contribution >= 0.6 is 0 Å². The fraction of sp³-hybridized carbons (Fsp3) is 0.444. The summed E-state index contributed by atoms with van der Waals surface area (Å²) in [7, 11) is -2.08. The largest absolute Gasteiger partial charge is 0.292 e. The van der Waals surface area contributed by atoms with Crippen molar-refractivity contribution in [1.82, 2.24) is 24.5 Å². The lowest BCUT2D eigenvalue weighted by atomic mass is 10.4. The van der Waals surface area contributed by atoms with Gasteiger partial charge in [-0.1, -0.05) is 0 Å². The van der Waals surface area contributed by atoms with Gasteiger partial charge in [0.25, 0.3) is 15.2 Å². The van der Waals surface area contributed by atoms with E-state index in [1.54, 1.807) is 28.6 Å². The number of nitrogens with zero attached hydrogens (tertiary/aromatic N) is 5. The van der Waals surface area contributed by atoms with E-state index in [-0.39, 0.29) is 11.2 Å². The summed E-state index contributed by atoms with van der Waals surface area (Å²) in [6.45, 7) is 0. The average molecular weight is 268 g/mol. The van der Waals surface area contributed by atoms with Crippen molar-refractivity contribution >= 4 is 10.0 Å². The summed E-state index contributed by atoms with van der Waals surface area (Å²) in [5.41, 5.74) is 0.590. The molecule has 18 heavy (non-hydrogen) atoms. The lowest BCUT2D eigenvalue weighted by Gasteiger charge is -2.05. The number of nitrogens with two attached hydrogens (primary N) is 1. The summed E-state index contributed by atoms with van der Waals surface area (Å²) in [5.74, 6) is 0.446. The Bertz CT molecular complexity index is 696. The van der Waals surface area contributed by atoms with Crippen molar-refractivity contribution in [1.29, 1.82) is 0 Å². The third kappa shape index (κ3) is 1.81. The second kappa shape index (κ2) is 3.62. The van der Waals surface area contributed by atoms with Crippen LogP contribution in [0.4, 0.5) is 0 Å². The van der Waals surface area contributed by atoms with E-state index in [1.807, 2.05) is 0 Å². The lowest BCUT2D eigenvalue weighted by Crippen LogP contribution is -2.18. The third-order valence-electron chi connectivity index (χ3n) is 2.77. The lowest BCUT2D eigenvalue weighted by molar-refractivity contribution is 0.567. The quantitative estimate of drug-likeness (QED) is 0.819. The van der Waals surface area contributed by atoms with Crippen LogP contribution in [0.2, 0.25) is 0 Å². The summed E-state index contributed by atoms with van der Waals surface area (Å²) < 4.78 is 26.1. The second-order valence-corrected chi connectivity index (χ2v) is 5.78. The number of sulfonamides is 1. The zero-order chi connectivity index (χ0) is 12.9. The molecule has 2 heterocycles. The molecule has 1 saturated carbocycles. The van der Waals surface area contributed by atoms with Crippen LogP contribution in [0, 0.1) is 0 Å². The normalized spacial score (nSPS) is 16.1. The van der Waals surface area contributed by atoms with Crippen molar-refractivity contribution < 1.29 is 8.42 Å². The molecular weight excluding hydrogens is 256 g/mol. The zero-order valence-corrected chi connectivity index (χ0v) is 10.5. The second-order valence-electron chi connectivity index (χ2n) is 4.33. The van der Waals surface area contributed by atoms with Crippen LogP contribution in [-0.4, -0.2) is 33.0 Å². The highest BCUT2D eigenvalue weighted by Gasteiger charge is 2.34. The number of primary sulfonamides is 1. The Morgan fingerprint density at radius 2 is 2.11 bits per heavy atom. The molecule has 0 saturated heterocycles. The van der Waals surface area contributed by atoms with Gasteiger partial charge in [-0.15, -0.1) is 10.2 Å². The number of aryl methyl sites for hydroxylation is 1. The summed E-state index contributed by atoms with van der Waals surface area (Å²) >= 11 is 0. The molecule has 3 rings (SSSR count). The minimum Gasteiger partial charge on any atom is -0.292 e.